The molecule has 1 N–H and O–H groups in total. The number of nitrogens with zero attached hydrogens (tertiary/aromatic N) is 7. The van der Waals surface area contributed by atoms with Gasteiger partial charge in [-0.1, -0.05) is 30.3 Å². The number of carbonyl (C=O) groups excluding carboxylic acids is 1. The summed E-state index contributed by atoms with van der Waals surface area (Å²) in [6, 6.07) is 10.1. The molecule has 0 bridgehead atoms. The van der Waals surface area contributed by atoms with Crippen LogP contribution in [0.3, 0.4) is 0 Å². The Kier molecular flexibility index (Phi) is 4.96. The van der Waals surface area contributed by atoms with Crippen molar-refractivity contribution in [2.75, 3.05) is 18.4 Å². The summed E-state index contributed by atoms with van der Waals surface area (Å²) in [6.07, 6.45) is 10.0. The van der Waals surface area contributed by atoms with Crippen LogP contribution in [0.5, 0.6) is 0 Å². The van der Waals surface area contributed by atoms with Crippen LogP contribution in [0.25, 0.3) is 22.6 Å². The van der Waals surface area contributed by atoms with Crippen LogP contribution in [-0.2, 0) is 21.5 Å². The summed E-state index contributed by atoms with van der Waals surface area (Å²) < 4.78 is 8.55. The third-order valence-corrected chi connectivity index (χ3v) is 9.12. The van der Waals surface area contributed by atoms with Gasteiger partial charge in [0.2, 0.25) is 5.91 Å². The van der Waals surface area contributed by atoms with Gasteiger partial charge in [-0.2, -0.15) is 0 Å². The molecule has 4 heterocycles. The van der Waals surface area contributed by atoms with Gasteiger partial charge in [0.05, 0.1) is 22.2 Å². The summed E-state index contributed by atoms with van der Waals surface area (Å²) in [6.45, 7) is 6.00. The number of morpholine rings is 1. The van der Waals surface area contributed by atoms with Crippen LogP contribution < -0.4 is 5.32 Å². The SMILES string of the molecule is CCn1c(-c2cnc(C)nc2)nc2c(NC3C[C@]3(C(=O)N3CC4(CC4)OC4(CC4)C3)c3ccccc3)ncnc21. The number of anilines is 1. The van der Waals surface area contributed by atoms with Gasteiger partial charge in [-0.05, 0) is 51.5 Å². The quantitative estimate of drug-likeness (QED) is 0.398. The molecule has 8 rings (SSSR count). The Morgan fingerprint density at radius 1 is 1.02 bits per heavy atom. The third kappa shape index (κ3) is 3.65. The summed E-state index contributed by atoms with van der Waals surface area (Å²) >= 11 is 0. The second-order valence-corrected chi connectivity index (χ2v) is 12.0. The zero-order valence-corrected chi connectivity index (χ0v) is 22.8. The minimum absolute atomic E-state index is 0.105. The number of carbonyl (C=O) groups is 1. The molecular weight excluding hydrogens is 504 g/mol. The largest absolute Gasteiger partial charge is 0.365 e. The van der Waals surface area contributed by atoms with Crippen LogP contribution in [0.1, 0.15) is 50.4 Å². The molecule has 10 heteroatoms. The maximum absolute atomic E-state index is 14.5. The number of fused-ring (bicyclic) bond motifs is 1. The van der Waals surface area contributed by atoms with Crippen LogP contribution in [-0.4, -0.2) is 70.6 Å². The van der Waals surface area contributed by atoms with E-state index in [1.54, 1.807) is 18.7 Å². The lowest BCUT2D eigenvalue weighted by atomic mass is 9.92. The first-order chi connectivity index (χ1) is 19.4. The monoisotopic (exact) mass is 536 g/mol. The van der Waals surface area contributed by atoms with E-state index in [0.717, 1.165) is 48.3 Å². The minimum Gasteiger partial charge on any atom is -0.365 e. The van der Waals surface area contributed by atoms with Crippen molar-refractivity contribution in [3.05, 3.63) is 60.4 Å². The van der Waals surface area contributed by atoms with Gasteiger partial charge in [-0.3, -0.25) is 4.79 Å². The molecule has 40 heavy (non-hydrogen) atoms. The molecule has 2 spiro atoms. The molecule has 1 aromatic carbocycles. The van der Waals surface area contributed by atoms with Crippen LogP contribution in [0.2, 0.25) is 0 Å². The molecule has 2 atom stereocenters. The highest BCUT2D eigenvalue weighted by molar-refractivity contribution is 5.95. The molecule has 1 saturated heterocycles. The fraction of sp³-hybridized carbons (Fsp3) is 0.467. The minimum atomic E-state index is -0.650. The van der Waals surface area contributed by atoms with Crippen molar-refractivity contribution in [2.24, 2.45) is 0 Å². The first-order valence-corrected chi connectivity index (χ1v) is 14.3. The molecule has 4 aromatic rings. The molecule has 1 unspecified atom stereocenters. The number of hydrogen-bond acceptors (Lipinski definition) is 8. The summed E-state index contributed by atoms with van der Waals surface area (Å²) in [5, 5.41) is 3.63. The van der Waals surface area contributed by atoms with E-state index in [9.17, 15) is 4.79 Å². The average Bonchev–Trinajstić information content (AvgIpc) is 3.94. The number of benzene rings is 1. The van der Waals surface area contributed by atoms with Gasteiger partial charge in [-0.15, -0.1) is 0 Å². The predicted molar refractivity (Wildman–Crippen MR) is 149 cm³/mol. The van der Waals surface area contributed by atoms with E-state index in [4.69, 9.17) is 9.72 Å². The van der Waals surface area contributed by atoms with Crippen LogP contribution in [0.4, 0.5) is 5.82 Å². The second kappa shape index (κ2) is 8.30. The smallest absolute Gasteiger partial charge is 0.235 e. The molecule has 3 aliphatic carbocycles. The Labute approximate surface area is 232 Å². The van der Waals surface area contributed by atoms with Gasteiger partial charge in [0.15, 0.2) is 17.0 Å². The Balaban J connectivity index is 1.15. The molecule has 204 valence electrons. The van der Waals surface area contributed by atoms with E-state index < -0.39 is 5.41 Å². The number of rotatable bonds is 6. The Morgan fingerprint density at radius 2 is 1.73 bits per heavy atom. The Morgan fingerprint density at radius 3 is 2.38 bits per heavy atom. The number of hydrogen-bond donors (Lipinski definition) is 1. The van der Waals surface area contributed by atoms with Crippen LogP contribution in [0.15, 0.2) is 49.1 Å². The average molecular weight is 537 g/mol. The van der Waals surface area contributed by atoms with Gasteiger partial charge in [0.1, 0.15) is 18.0 Å². The van der Waals surface area contributed by atoms with Gasteiger partial charge in [0, 0.05) is 38.1 Å². The topological polar surface area (TPSA) is 111 Å². The van der Waals surface area contributed by atoms with Crippen molar-refractivity contribution < 1.29 is 9.53 Å². The highest BCUT2D eigenvalue weighted by Gasteiger charge is 2.67. The lowest BCUT2D eigenvalue weighted by Gasteiger charge is -2.41. The molecule has 1 aliphatic heterocycles. The fourth-order valence-electron chi connectivity index (χ4n) is 6.59. The molecule has 10 nitrogen and oxygen atoms in total. The van der Waals surface area contributed by atoms with Crippen molar-refractivity contribution in [2.45, 2.75) is 75.2 Å². The molecule has 3 saturated carbocycles. The lowest BCUT2D eigenvalue weighted by molar-refractivity contribution is -0.156. The van der Waals surface area contributed by atoms with Gasteiger partial charge in [-0.25, -0.2) is 24.9 Å². The highest BCUT2D eigenvalue weighted by Crippen LogP contribution is 2.57. The normalized spacial score (nSPS) is 25.4. The first-order valence-electron chi connectivity index (χ1n) is 14.3. The van der Waals surface area contributed by atoms with E-state index >= 15 is 0 Å². The maximum atomic E-state index is 14.5. The molecule has 1 amide bonds. The summed E-state index contributed by atoms with van der Waals surface area (Å²) in [7, 11) is 0. The zero-order chi connectivity index (χ0) is 27.1. The molecule has 3 aromatic heterocycles. The predicted octanol–water partition coefficient (Wildman–Crippen LogP) is 3.66. The maximum Gasteiger partial charge on any atom is 0.235 e. The molecule has 4 fully saturated rings. The van der Waals surface area contributed by atoms with Crippen molar-refractivity contribution in [3.8, 4) is 11.4 Å². The standard InChI is InChI=1S/C30H32N8O2/c1-3-38-25(20-14-31-19(2)32-15-20)36-23-24(33-18-34-26(23)38)35-22-13-30(22,21-7-5-4-6-8-21)27(39)37-16-28(9-10-28)40-29(17-37)11-12-29/h4-8,14-15,18,22H,3,9-13,16-17H2,1-2H3,(H,33,34,35)/t22?,30-/m0/s1. The van der Waals surface area contributed by atoms with Crippen molar-refractivity contribution >= 4 is 22.9 Å². The van der Waals surface area contributed by atoms with Crippen LogP contribution >= 0.6 is 0 Å². The van der Waals surface area contributed by atoms with E-state index in [1.807, 2.05) is 25.1 Å². The number of aromatic nitrogens is 6. The zero-order valence-electron chi connectivity index (χ0n) is 22.8. The van der Waals surface area contributed by atoms with E-state index in [2.05, 4.69) is 53.8 Å². The van der Waals surface area contributed by atoms with E-state index in [1.165, 1.54) is 0 Å². The number of amides is 1. The van der Waals surface area contributed by atoms with E-state index in [-0.39, 0.29) is 23.2 Å². The summed E-state index contributed by atoms with van der Waals surface area (Å²) in [5.74, 6) is 2.29. The molecule has 4 aliphatic rings. The van der Waals surface area contributed by atoms with Gasteiger partial charge >= 0.3 is 0 Å². The lowest BCUT2D eigenvalue weighted by Crippen LogP contribution is -2.55. The number of nitrogens with one attached hydrogen (secondary N) is 1. The van der Waals surface area contributed by atoms with Crippen LogP contribution in [0, 0.1) is 6.92 Å². The van der Waals surface area contributed by atoms with Gasteiger partial charge < -0.3 is 19.5 Å². The Hall–Kier alpha value is -3.92. The fourth-order valence-corrected chi connectivity index (χ4v) is 6.59. The number of imidazole rings is 1. The number of ether oxygens (including phenoxy) is 1. The summed E-state index contributed by atoms with van der Waals surface area (Å²) in [5.41, 5.74) is 2.40. The Bertz CT molecular complexity index is 1610. The highest BCUT2D eigenvalue weighted by atomic mass is 16.5. The molecular formula is C30H32N8O2. The van der Waals surface area contributed by atoms with Crippen molar-refractivity contribution in [1.29, 1.82) is 0 Å². The van der Waals surface area contributed by atoms with E-state index in [0.29, 0.717) is 43.2 Å². The second-order valence-electron chi connectivity index (χ2n) is 12.0. The van der Waals surface area contributed by atoms with Gasteiger partial charge in [0.25, 0.3) is 0 Å². The first kappa shape index (κ1) is 23.9. The van der Waals surface area contributed by atoms with Crippen molar-refractivity contribution in [3.63, 3.8) is 0 Å². The third-order valence-electron chi connectivity index (χ3n) is 9.12. The number of aryl methyl sites for hydroxylation is 2. The molecule has 0 radical (unpaired) electrons. The van der Waals surface area contributed by atoms with Crippen molar-refractivity contribution in [1.82, 2.24) is 34.4 Å². The summed E-state index contributed by atoms with van der Waals surface area (Å²) in [4.78, 5) is 39.4.